The summed E-state index contributed by atoms with van der Waals surface area (Å²) in [4.78, 5) is 0. The Kier molecular flexibility index (Phi) is 7.73. The molecule has 0 atom stereocenters. The van der Waals surface area contributed by atoms with Crippen LogP contribution in [0.4, 0.5) is 0 Å². The highest BCUT2D eigenvalue weighted by Crippen LogP contribution is 2.12. The summed E-state index contributed by atoms with van der Waals surface area (Å²) < 4.78 is 7.94. The van der Waals surface area contributed by atoms with E-state index < -0.39 is 0 Å². The first-order valence-corrected chi connectivity index (χ1v) is 7.82. The lowest BCUT2D eigenvalue weighted by molar-refractivity contribution is -0.733. The molecule has 0 spiro atoms. The molecule has 108 valence electrons. The van der Waals surface area contributed by atoms with Gasteiger partial charge in [-0.1, -0.05) is 40.0 Å². The third kappa shape index (κ3) is 5.32. The maximum absolute atomic E-state index is 5.76. The van der Waals surface area contributed by atoms with Crippen LogP contribution in [0.25, 0.3) is 0 Å². The van der Waals surface area contributed by atoms with Crippen molar-refractivity contribution in [1.82, 2.24) is 0 Å². The Morgan fingerprint density at radius 2 is 1.79 bits per heavy atom. The van der Waals surface area contributed by atoms with Crippen LogP contribution >= 0.6 is 0 Å². The predicted molar refractivity (Wildman–Crippen MR) is 80.2 cm³/mol. The molecule has 0 aliphatic rings. The molecule has 1 aromatic rings. The van der Waals surface area contributed by atoms with E-state index in [1.54, 1.807) is 0 Å². The van der Waals surface area contributed by atoms with Crippen molar-refractivity contribution in [2.24, 2.45) is 0 Å². The van der Waals surface area contributed by atoms with Crippen LogP contribution in [0.1, 0.15) is 63.1 Å². The topological polar surface area (TPSA) is 13.1 Å². The fourth-order valence-electron chi connectivity index (χ4n) is 2.58. The summed E-state index contributed by atoms with van der Waals surface area (Å²) in [5.41, 5.74) is 4.34. The molecule has 0 aliphatic heterocycles. The number of hydrogen-bond acceptors (Lipinski definition) is 1. The third-order valence-electron chi connectivity index (χ3n) is 3.66. The van der Waals surface area contributed by atoms with E-state index in [1.165, 1.54) is 42.4 Å². The Hall–Kier alpha value is -0.890. The van der Waals surface area contributed by atoms with Crippen molar-refractivity contribution < 1.29 is 9.30 Å². The van der Waals surface area contributed by atoms with Crippen LogP contribution in [0.2, 0.25) is 0 Å². The van der Waals surface area contributed by atoms with Gasteiger partial charge in [-0.15, -0.1) is 0 Å². The molecule has 0 amide bonds. The Bertz CT molecular complexity index is 374. The summed E-state index contributed by atoms with van der Waals surface area (Å²) in [5.74, 6) is 0. The van der Waals surface area contributed by atoms with E-state index >= 15 is 0 Å². The minimum absolute atomic E-state index is 0.684. The molecule has 1 heterocycles. The molecule has 1 rings (SSSR count). The van der Waals surface area contributed by atoms with Gasteiger partial charge in [0.25, 0.3) is 6.73 Å². The minimum Gasteiger partial charge on any atom is -0.323 e. The molecular weight excluding hydrogens is 234 g/mol. The highest BCUT2D eigenvalue weighted by atomic mass is 16.5. The van der Waals surface area contributed by atoms with Gasteiger partial charge >= 0.3 is 0 Å². The van der Waals surface area contributed by atoms with E-state index in [2.05, 4.69) is 44.7 Å². The summed E-state index contributed by atoms with van der Waals surface area (Å²) in [6.07, 6.45) is 11.8. The van der Waals surface area contributed by atoms with Crippen molar-refractivity contribution in [1.29, 1.82) is 0 Å². The molecule has 0 bridgehead atoms. The number of rotatable bonds is 9. The molecule has 0 aromatic carbocycles. The van der Waals surface area contributed by atoms with Gasteiger partial charge in [0.1, 0.15) is 0 Å². The second-order valence-corrected chi connectivity index (χ2v) is 5.26. The summed E-state index contributed by atoms with van der Waals surface area (Å²) in [6.45, 7) is 10.5. The van der Waals surface area contributed by atoms with Crippen molar-refractivity contribution in [3.8, 4) is 0 Å². The monoisotopic (exact) mass is 264 g/mol. The Morgan fingerprint density at radius 3 is 2.42 bits per heavy atom. The van der Waals surface area contributed by atoms with E-state index in [0.717, 1.165) is 19.4 Å². The zero-order valence-corrected chi connectivity index (χ0v) is 13.2. The molecule has 0 unspecified atom stereocenters. The molecule has 0 fully saturated rings. The fraction of sp³-hybridized carbons (Fsp3) is 0.706. The van der Waals surface area contributed by atoms with Crippen LogP contribution in [0.3, 0.4) is 0 Å². The van der Waals surface area contributed by atoms with Crippen molar-refractivity contribution in [2.75, 3.05) is 6.61 Å². The number of aromatic nitrogens is 1. The van der Waals surface area contributed by atoms with Crippen molar-refractivity contribution in [2.45, 2.75) is 73.0 Å². The second-order valence-electron chi connectivity index (χ2n) is 5.26. The first-order chi connectivity index (χ1) is 9.22. The zero-order valence-electron chi connectivity index (χ0n) is 13.2. The Labute approximate surface area is 118 Å². The van der Waals surface area contributed by atoms with Crippen molar-refractivity contribution in [3.63, 3.8) is 0 Å². The van der Waals surface area contributed by atoms with E-state index in [4.69, 9.17) is 4.74 Å². The van der Waals surface area contributed by atoms with Gasteiger partial charge in [-0.25, -0.2) is 0 Å². The smallest absolute Gasteiger partial charge is 0.252 e. The molecule has 0 saturated heterocycles. The van der Waals surface area contributed by atoms with E-state index in [0.29, 0.717) is 6.73 Å². The molecule has 0 N–H and O–H groups in total. The van der Waals surface area contributed by atoms with Crippen molar-refractivity contribution >= 4 is 0 Å². The first-order valence-electron chi connectivity index (χ1n) is 7.82. The number of aryl methyl sites for hydroxylation is 2. The molecule has 19 heavy (non-hydrogen) atoms. The van der Waals surface area contributed by atoms with Crippen LogP contribution in [0.5, 0.6) is 0 Å². The highest BCUT2D eigenvalue weighted by Gasteiger charge is 2.10. The number of unbranched alkanes of at least 4 members (excludes halogenated alkanes) is 3. The molecular formula is C17H30NO+. The third-order valence-corrected chi connectivity index (χ3v) is 3.66. The summed E-state index contributed by atoms with van der Waals surface area (Å²) in [6, 6.07) is 0. The van der Waals surface area contributed by atoms with Crippen LogP contribution in [-0.2, 0) is 24.3 Å². The van der Waals surface area contributed by atoms with E-state index in [1.807, 2.05) is 0 Å². The number of nitrogens with zero attached hydrogens (tertiary/aromatic N) is 1. The maximum atomic E-state index is 5.76. The lowest BCUT2D eigenvalue weighted by Crippen LogP contribution is -2.36. The van der Waals surface area contributed by atoms with Crippen LogP contribution in [-0.4, -0.2) is 6.61 Å². The van der Waals surface area contributed by atoms with Crippen molar-refractivity contribution in [3.05, 3.63) is 29.1 Å². The minimum atomic E-state index is 0.684. The summed E-state index contributed by atoms with van der Waals surface area (Å²) in [5, 5.41) is 0. The molecule has 0 saturated carbocycles. The van der Waals surface area contributed by atoms with Gasteiger partial charge in [-0.05, 0) is 31.7 Å². The lowest BCUT2D eigenvalue weighted by atomic mass is 10.0. The fourth-order valence-corrected chi connectivity index (χ4v) is 2.58. The van der Waals surface area contributed by atoms with Crippen LogP contribution < -0.4 is 4.57 Å². The Balaban J connectivity index is 2.48. The normalized spacial score (nSPS) is 10.9. The average Bonchev–Trinajstić information content (AvgIpc) is 2.42. The number of pyridine rings is 1. The molecule has 0 radical (unpaired) electrons. The second kappa shape index (κ2) is 9.08. The van der Waals surface area contributed by atoms with E-state index in [9.17, 15) is 0 Å². The van der Waals surface area contributed by atoms with Gasteiger partial charge in [0, 0.05) is 11.1 Å². The zero-order chi connectivity index (χ0) is 14.1. The van der Waals surface area contributed by atoms with Crippen LogP contribution in [0, 0.1) is 6.92 Å². The number of ether oxygens (including phenoxy) is 1. The molecule has 0 aliphatic carbocycles. The van der Waals surface area contributed by atoms with Gasteiger partial charge < -0.3 is 4.74 Å². The quantitative estimate of drug-likeness (QED) is 0.486. The molecule has 2 nitrogen and oxygen atoms in total. The lowest BCUT2D eigenvalue weighted by Gasteiger charge is -2.08. The van der Waals surface area contributed by atoms with Gasteiger partial charge in [0.05, 0.1) is 6.61 Å². The summed E-state index contributed by atoms with van der Waals surface area (Å²) in [7, 11) is 0. The average molecular weight is 264 g/mol. The molecule has 1 aromatic heterocycles. The maximum Gasteiger partial charge on any atom is 0.252 e. The Morgan fingerprint density at radius 1 is 1.00 bits per heavy atom. The standard InChI is InChI=1S/C17H30NO/c1-5-8-9-10-11-19-14-18-12-15(4)17(7-3)16(6-2)13-18/h12-13H,5-11,14H2,1-4H3/q+1. The largest absolute Gasteiger partial charge is 0.323 e. The summed E-state index contributed by atoms with van der Waals surface area (Å²) >= 11 is 0. The van der Waals surface area contributed by atoms with Gasteiger partial charge in [0.15, 0.2) is 12.4 Å². The first kappa shape index (κ1) is 16.2. The highest BCUT2D eigenvalue weighted by molar-refractivity contribution is 5.28. The number of hydrogen-bond donors (Lipinski definition) is 0. The van der Waals surface area contributed by atoms with Gasteiger partial charge in [0.2, 0.25) is 0 Å². The van der Waals surface area contributed by atoms with Crippen LogP contribution in [0.15, 0.2) is 12.4 Å². The van der Waals surface area contributed by atoms with Gasteiger partial charge in [-0.2, -0.15) is 4.57 Å². The molecule has 2 heteroatoms. The van der Waals surface area contributed by atoms with Gasteiger partial charge in [-0.3, -0.25) is 0 Å². The predicted octanol–water partition coefficient (Wildman–Crippen LogP) is 3.96. The van der Waals surface area contributed by atoms with E-state index in [-0.39, 0.29) is 0 Å². The SMILES string of the molecule is CCCCCCOC[n+]1cc(C)c(CC)c(CC)c1.